The molecule has 14 heavy (non-hydrogen) atoms. The monoisotopic (exact) mass is 191 g/mol. The molecule has 0 saturated carbocycles. The number of rotatable bonds is 0. The maximum atomic E-state index is 5.65. The van der Waals surface area contributed by atoms with Crippen LogP contribution in [-0.2, 0) is 10.3 Å². The molecule has 0 radical (unpaired) electrons. The summed E-state index contributed by atoms with van der Waals surface area (Å²) in [7, 11) is 0. The number of fused-ring (bicyclic) bond motifs is 2. The van der Waals surface area contributed by atoms with Crippen LogP contribution < -0.4 is 10.1 Å². The number of morpholine rings is 1. The molecule has 0 unspecified atom stereocenters. The average molecular weight is 191 g/mol. The second kappa shape index (κ2) is 2.97. The van der Waals surface area contributed by atoms with Crippen LogP contribution in [0, 0.1) is 0 Å². The molecule has 3 heteroatoms. The summed E-state index contributed by atoms with van der Waals surface area (Å²) in [5.74, 6) is 0.991. The molecule has 0 amide bonds. The summed E-state index contributed by atoms with van der Waals surface area (Å²) in [5, 5.41) is 3.50. The third-order valence-electron chi connectivity index (χ3n) is 2.93. The second-order valence-electron chi connectivity index (χ2n) is 3.85. The van der Waals surface area contributed by atoms with Gasteiger partial charge >= 0.3 is 0 Å². The number of para-hydroxylation sites is 1. The third kappa shape index (κ3) is 1.06. The van der Waals surface area contributed by atoms with Crippen molar-refractivity contribution in [3.8, 4) is 5.75 Å². The van der Waals surface area contributed by atoms with Crippen molar-refractivity contribution in [2.75, 3.05) is 26.4 Å². The van der Waals surface area contributed by atoms with E-state index in [1.165, 1.54) is 5.56 Å². The van der Waals surface area contributed by atoms with Crippen LogP contribution in [0.5, 0.6) is 5.75 Å². The minimum absolute atomic E-state index is 0.0884. The summed E-state index contributed by atoms with van der Waals surface area (Å²) >= 11 is 0. The van der Waals surface area contributed by atoms with E-state index >= 15 is 0 Å². The van der Waals surface area contributed by atoms with Crippen LogP contribution in [0.2, 0.25) is 0 Å². The largest absolute Gasteiger partial charge is 0.491 e. The van der Waals surface area contributed by atoms with Crippen LogP contribution >= 0.6 is 0 Å². The first kappa shape index (κ1) is 8.26. The molecule has 3 nitrogen and oxygen atoms in total. The molecule has 2 heterocycles. The van der Waals surface area contributed by atoms with E-state index in [1.54, 1.807) is 0 Å². The third-order valence-corrected chi connectivity index (χ3v) is 2.93. The first-order valence-electron chi connectivity index (χ1n) is 4.96. The van der Waals surface area contributed by atoms with Crippen molar-refractivity contribution in [3.05, 3.63) is 29.8 Å². The molecule has 1 saturated heterocycles. The van der Waals surface area contributed by atoms with E-state index in [9.17, 15) is 0 Å². The van der Waals surface area contributed by atoms with E-state index in [-0.39, 0.29) is 5.54 Å². The van der Waals surface area contributed by atoms with Gasteiger partial charge in [-0.3, -0.25) is 0 Å². The normalized spacial score (nSPS) is 30.0. The lowest BCUT2D eigenvalue weighted by molar-refractivity contribution is 0.0160. The number of hydrogen-bond donors (Lipinski definition) is 1. The molecule has 1 spiro atoms. The van der Waals surface area contributed by atoms with Gasteiger partial charge < -0.3 is 14.8 Å². The van der Waals surface area contributed by atoms with E-state index in [0.29, 0.717) is 13.2 Å². The molecule has 0 aromatic heterocycles. The molecule has 1 aromatic carbocycles. The molecular weight excluding hydrogens is 178 g/mol. The summed E-state index contributed by atoms with van der Waals surface area (Å²) in [6, 6.07) is 8.18. The fourth-order valence-electron chi connectivity index (χ4n) is 2.19. The first-order chi connectivity index (χ1) is 6.91. The van der Waals surface area contributed by atoms with Gasteiger partial charge in [0.1, 0.15) is 17.9 Å². The summed E-state index contributed by atoms with van der Waals surface area (Å²) < 4.78 is 11.2. The highest BCUT2D eigenvalue weighted by Gasteiger charge is 2.41. The number of ether oxygens (including phenoxy) is 2. The van der Waals surface area contributed by atoms with Crippen molar-refractivity contribution in [2.45, 2.75) is 5.54 Å². The number of nitrogens with one attached hydrogen (secondary N) is 1. The van der Waals surface area contributed by atoms with Gasteiger partial charge in [-0.25, -0.2) is 0 Å². The van der Waals surface area contributed by atoms with Gasteiger partial charge in [0.2, 0.25) is 0 Å². The first-order valence-corrected chi connectivity index (χ1v) is 4.96. The molecule has 2 aliphatic heterocycles. The summed E-state index contributed by atoms with van der Waals surface area (Å²) in [6.07, 6.45) is 0. The Labute approximate surface area is 83.0 Å². The highest BCUT2D eigenvalue weighted by atomic mass is 16.5. The van der Waals surface area contributed by atoms with E-state index in [0.717, 1.165) is 18.9 Å². The van der Waals surface area contributed by atoms with Crippen LogP contribution in [-0.4, -0.2) is 26.4 Å². The molecule has 1 N–H and O–H groups in total. The summed E-state index contributed by atoms with van der Waals surface area (Å²) in [4.78, 5) is 0. The zero-order chi connectivity index (χ0) is 9.43. The second-order valence-corrected chi connectivity index (χ2v) is 3.85. The summed E-state index contributed by atoms with van der Waals surface area (Å²) in [5.41, 5.74) is 1.15. The van der Waals surface area contributed by atoms with Crippen LogP contribution in [0.3, 0.4) is 0 Å². The van der Waals surface area contributed by atoms with E-state index in [1.807, 2.05) is 18.2 Å². The fourth-order valence-corrected chi connectivity index (χ4v) is 2.19. The lowest BCUT2D eigenvalue weighted by atomic mass is 9.92. The highest BCUT2D eigenvalue weighted by molar-refractivity contribution is 5.43. The van der Waals surface area contributed by atoms with Crippen molar-refractivity contribution in [3.63, 3.8) is 0 Å². The Kier molecular flexibility index (Phi) is 1.75. The topological polar surface area (TPSA) is 30.5 Å². The van der Waals surface area contributed by atoms with Crippen molar-refractivity contribution >= 4 is 0 Å². The standard InChI is InChI=1S/C11H13NO2/c1-2-4-10-9(3-1)11(8-14-10)7-13-6-5-12-11/h1-4,12H,5-8H2/t11-/m0/s1. The molecular formula is C11H13NO2. The lowest BCUT2D eigenvalue weighted by Crippen LogP contribution is -2.52. The Morgan fingerprint density at radius 2 is 2.14 bits per heavy atom. The Balaban J connectivity index is 2.03. The van der Waals surface area contributed by atoms with Gasteiger partial charge in [-0.05, 0) is 6.07 Å². The van der Waals surface area contributed by atoms with E-state index in [2.05, 4.69) is 11.4 Å². The molecule has 0 aliphatic carbocycles. The fraction of sp³-hybridized carbons (Fsp3) is 0.455. The minimum Gasteiger partial charge on any atom is -0.491 e. The highest BCUT2D eigenvalue weighted by Crippen LogP contribution is 2.37. The molecule has 1 atom stereocenters. The molecule has 3 rings (SSSR count). The predicted molar refractivity (Wildman–Crippen MR) is 52.4 cm³/mol. The van der Waals surface area contributed by atoms with Crippen LogP contribution in [0.15, 0.2) is 24.3 Å². The average Bonchev–Trinajstić information content (AvgIpc) is 2.60. The summed E-state index contributed by atoms with van der Waals surface area (Å²) in [6.45, 7) is 3.10. The predicted octanol–water partition coefficient (Wildman–Crippen LogP) is 0.894. The van der Waals surface area contributed by atoms with Crippen LogP contribution in [0.25, 0.3) is 0 Å². The van der Waals surface area contributed by atoms with E-state index < -0.39 is 0 Å². The van der Waals surface area contributed by atoms with Crippen molar-refractivity contribution < 1.29 is 9.47 Å². The lowest BCUT2D eigenvalue weighted by Gasteiger charge is -2.33. The van der Waals surface area contributed by atoms with Gasteiger partial charge in [0.05, 0.1) is 13.2 Å². The Hall–Kier alpha value is -1.06. The van der Waals surface area contributed by atoms with Crippen molar-refractivity contribution in [1.29, 1.82) is 0 Å². The molecule has 2 aliphatic rings. The SMILES string of the molecule is c1ccc2c(c1)OC[C@@]21COCCN1. The van der Waals surface area contributed by atoms with Crippen LogP contribution in [0.1, 0.15) is 5.56 Å². The molecule has 74 valence electrons. The Morgan fingerprint density at radius 1 is 1.21 bits per heavy atom. The van der Waals surface area contributed by atoms with Crippen molar-refractivity contribution in [2.24, 2.45) is 0 Å². The smallest absolute Gasteiger partial charge is 0.124 e. The van der Waals surface area contributed by atoms with Gasteiger partial charge in [-0.1, -0.05) is 18.2 Å². The number of hydrogen-bond acceptors (Lipinski definition) is 3. The zero-order valence-electron chi connectivity index (χ0n) is 7.95. The van der Waals surface area contributed by atoms with Crippen LogP contribution in [0.4, 0.5) is 0 Å². The quantitative estimate of drug-likeness (QED) is 0.660. The van der Waals surface area contributed by atoms with Gasteiger partial charge in [0, 0.05) is 12.1 Å². The maximum Gasteiger partial charge on any atom is 0.124 e. The van der Waals surface area contributed by atoms with Crippen molar-refractivity contribution in [1.82, 2.24) is 5.32 Å². The van der Waals surface area contributed by atoms with Gasteiger partial charge in [-0.15, -0.1) is 0 Å². The maximum absolute atomic E-state index is 5.65. The zero-order valence-corrected chi connectivity index (χ0v) is 7.95. The molecule has 1 fully saturated rings. The van der Waals surface area contributed by atoms with Gasteiger partial charge in [-0.2, -0.15) is 0 Å². The Bertz CT molecular complexity index is 339. The number of benzene rings is 1. The van der Waals surface area contributed by atoms with E-state index in [4.69, 9.17) is 9.47 Å². The molecule has 0 bridgehead atoms. The van der Waals surface area contributed by atoms with Gasteiger partial charge in [0.25, 0.3) is 0 Å². The van der Waals surface area contributed by atoms with Gasteiger partial charge in [0.15, 0.2) is 0 Å². The Morgan fingerprint density at radius 3 is 3.00 bits per heavy atom. The molecule has 1 aromatic rings. The minimum atomic E-state index is -0.0884.